The van der Waals surface area contributed by atoms with Gasteiger partial charge in [0.25, 0.3) is 0 Å². The van der Waals surface area contributed by atoms with Crippen LogP contribution in [0.15, 0.2) is 18.2 Å². The summed E-state index contributed by atoms with van der Waals surface area (Å²) in [5.41, 5.74) is 14.1. The van der Waals surface area contributed by atoms with Gasteiger partial charge in [-0.05, 0) is 37.0 Å². The van der Waals surface area contributed by atoms with Crippen molar-refractivity contribution in [3.63, 3.8) is 0 Å². The molecule has 3 heteroatoms. The van der Waals surface area contributed by atoms with Gasteiger partial charge in [0, 0.05) is 18.0 Å². The number of aliphatic hydroxyl groups excluding tert-OH is 1. The lowest BCUT2D eigenvalue weighted by Crippen LogP contribution is -1.96. The van der Waals surface area contributed by atoms with Crippen LogP contribution in [0.1, 0.15) is 31.2 Å². The number of rotatable bonds is 6. The second-order valence-corrected chi connectivity index (χ2v) is 3.85. The van der Waals surface area contributed by atoms with E-state index < -0.39 is 0 Å². The molecule has 5 N–H and O–H groups in total. The van der Waals surface area contributed by atoms with Gasteiger partial charge in [0.05, 0.1) is 0 Å². The van der Waals surface area contributed by atoms with E-state index >= 15 is 0 Å². The van der Waals surface area contributed by atoms with Crippen molar-refractivity contribution >= 4 is 11.4 Å². The predicted molar refractivity (Wildman–Crippen MR) is 64.5 cm³/mol. The van der Waals surface area contributed by atoms with Gasteiger partial charge in [-0.3, -0.25) is 0 Å². The number of anilines is 2. The normalized spacial score (nSPS) is 10.5. The number of aryl methyl sites for hydroxylation is 1. The van der Waals surface area contributed by atoms with Gasteiger partial charge in [0.15, 0.2) is 0 Å². The fourth-order valence-corrected chi connectivity index (χ4v) is 1.62. The molecule has 1 rings (SSSR count). The summed E-state index contributed by atoms with van der Waals surface area (Å²) in [5.74, 6) is 0. The van der Waals surface area contributed by atoms with Gasteiger partial charge in [-0.25, -0.2) is 0 Å². The summed E-state index contributed by atoms with van der Waals surface area (Å²) in [7, 11) is 0. The minimum Gasteiger partial charge on any atom is -0.399 e. The molecule has 0 aliphatic heterocycles. The summed E-state index contributed by atoms with van der Waals surface area (Å²) in [5, 5.41) is 8.62. The number of nitrogen functional groups attached to an aromatic ring is 2. The number of aliphatic hydroxyl groups is 1. The average molecular weight is 208 g/mol. The van der Waals surface area contributed by atoms with Crippen molar-refractivity contribution in [1.29, 1.82) is 0 Å². The van der Waals surface area contributed by atoms with E-state index in [1.165, 1.54) is 5.56 Å². The molecular formula is C12H20N2O. The van der Waals surface area contributed by atoms with E-state index in [2.05, 4.69) is 0 Å². The van der Waals surface area contributed by atoms with Crippen molar-refractivity contribution in [2.75, 3.05) is 18.1 Å². The largest absolute Gasteiger partial charge is 0.399 e. The summed E-state index contributed by atoms with van der Waals surface area (Å²) >= 11 is 0. The van der Waals surface area contributed by atoms with E-state index in [1.54, 1.807) is 0 Å². The topological polar surface area (TPSA) is 72.3 Å². The molecule has 0 bridgehead atoms. The Balaban J connectivity index is 2.31. The van der Waals surface area contributed by atoms with Gasteiger partial charge in [-0.2, -0.15) is 0 Å². The Morgan fingerprint density at radius 2 is 1.73 bits per heavy atom. The van der Waals surface area contributed by atoms with Gasteiger partial charge in [0.1, 0.15) is 0 Å². The third-order valence-electron chi connectivity index (χ3n) is 2.52. The molecular weight excluding hydrogens is 188 g/mol. The van der Waals surface area contributed by atoms with Crippen molar-refractivity contribution in [1.82, 2.24) is 0 Å². The number of benzene rings is 1. The van der Waals surface area contributed by atoms with Crippen molar-refractivity contribution < 1.29 is 5.11 Å². The van der Waals surface area contributed by atoms with Crippen LogP contribution < -0.4 is 11.5 Å². The molecule has 0 aliphatic rings. The summed E-state index contributed by atoms with van der Waals surface area (Å²) in [6, 6.07) is 5.69. The quantitative estimate of drug-likeness (QED) is 0.494. The summed E-state index contributed by atoms with van der Waals surface area (Å²) < 4.78 is 0. The Morgan fingerprint density at radius 3 is 2.40 bits per heavy atom. The molecule has 15 heavy (non-hydrogen) atoms. The second-order valence-electron chi connectivity index (χ2n) is 3.85. The fraction of sp³-hybridized carbons (Fsp3) is 0.500. The first-order valence-electron chi connectivity index (χ1n) is 5.49. The molecule has 3 nitrogen and oxygen atoms in total. The van der Waals surface area contributed by atoms with Gasteiger partial charge in [-0.1, -0.05) is 18.9 Å². The molecule has 0 spiro atoms. The Kier molecular flexibility index (Phi) is 4.98. The van der Waals surface area contributed by atoms with Crippen LogP contribution in [0.25, 0.3) is 0 Å². The molecule has 0 amide bonds. The lowest BCUT2D eigenvalue weighted by Gasteiger charge is -2.06. The fourth-order valence-electron chi connectivity index (χ4n) is 1.62. The molecule has 0 saturated carbocycles. The molecule has 1 aromatic carbocycles. The highest BCUT2D eigenvalue weighted by Crippen LogP contribution is 2.18. The Hall–Kier alpha value is -1.22. The SMILES string of the molecule is Nc1ccc(CCCCCCO)c(N)c1. The minimum atomic E-state index is 0.296. The number of hydrogen-bond donors (Lipinski definition) is 3. The first-order valence-corrected chi connectivity index (χ1v) is 5.49. The van der Waals surface area contributed by atoms with E-state index in [-0.39, 0.29) is 0 Å². The second kappa shape index (κ2) is 6.30. The van der Waals surface area contributed by atoms with Crippen LogP contribution in [-0.4, -0.2) is 11.7 Å². The van der Waals surface area contributed by atoms with Crippen LogP contribution in [0.2, 0.25) is 0 Å². The van der Waals surface area contributed by atoms with Crippen molar-refractivity contribution in [3.8, 4) is 0 Å². The number of hydrogen-bond acceptors (Lipinski definition) is 3. The summed E-state index contributed by atoms with van der Waals surface area (Å²) in [6.07, 6.45) is 5.25. The third kappa shape index (κ3) is 4.21. The lowest BCUT2D eigenvalue weighted by atomic mass is 10.0. The van der Waals surface area contributed by atoms with Gasteiger partial charge < -0.3 is 16.6 Å². The highest BCUT2D eigenvalue weighted by atomic mass is 16.2. The van der Waals surface area contributed by atoms with Crippen LogP contribution in [0.4, 0.5) is 11.4 Å². The van der Waals surface area contributed by atoms with E-state index in [9.17, 15) is 0 Å². The highest BCUT2D eigenvalue weighted by Gasteiger charge is 1.99. The Labute approximate surface area is 91.1 Å². The molecule has 0 radical (unpaired) electrons. The van der Waals surface area contributed by atoms with Gasteiger partial charge in [-0.15, -0.1) is 0 Å². The zero-order chi connectivity index (χ0) is 11.1. The maximum Gasteiger partial charge on any atom is 0.0431 e. The zero-order valence-corrected chi connectivity index (χ0v) is 9.08. The molecule has 0 unspecified atom stereocenters. The summed E-state index contributed by atoms with van der Waals surface area (Å²) in [6.45, 7) is 0.296. The molecule has 84 valence electrons. The lowest BCUT2D eigenvalue weighted by molar-refractivity contribution is 0.282. The molecule has 0 fully saturated rings. The standard InChI is InChI=1S/C12H20N2O/c13-11-7-6-10(12(14)9-11)5-3-1-2-4-8-15/h6-7,9,15H,1-5,8,13-14H2. The van der Waals surface area contributed by atoms with E-state index in [4.69, 9.17) is 16.6 Å². The molecule has 0 aromatic heterocycles. The van der Waals surface area contributed by atoms with Crippen molar-refractivity contribution in [3.05, 3.63) is 23.8 Å². The maximum absolute atomic E-state index is 8.62. The van der Waals surface area contributed by atoms with Crippen LogP contribution >= 0.6 is 0 Å². The van der Waals surface area contributed by atoms with Crippen molar-refractivity contribution in [2.45, 2.75) is 32.1 Å². The van der Waals surface area contributed by atoms with Crippen molar-refractivity contribution in [2.24, 2.45) is 0 Å². The predicted octanol–water partition coefficient (Wildman–Crippen LogP) is 1.95. The monoisotopic (exact) mass is 208 g/mol. The first-order chi connectivity index (χ1) is 7.24. The zero-order valence-electron chi connectivity index (χ0n) is 9.08. The van der Waals surface area contributed by atoms with E-state index in [0.29, 0.717) is 6.61 Å². The first kappa shape index (κ1) is 11.9. The minimum absolute atomic E-state index is 0.296. The molecule has 0 aliphatic carbocycles. The highest BCUT2D eigenvalue weighted by molar-refractivity contribution is 5.56. The van der Waals surface area contributed by atoms with E-state index in [0.717, 1.165) is 43.5 Å². The van der Waals surface area contributed by atoms with Gasteiger partial charge >= 0.3 is 0 Å². The Bertz CT molecular complexity index is 300. The van der Waals surface area contributed by atoms with Crippen LogP contribution in [0.3, 0.4) is 0 Å². The molecule has 0 atom stereocenters. The summed E-state index contributed by atoms with van der Waals surface area (Å²) in [4.78, 5) is 0. The number of unbranched alkanes of at least 4 members (excludes halogenated alkanes) is 3. The molecule has 0 heterocycles. The number of nitrogens with two attached hydrogens (primary N) is 2. The van der Waals surface area contributed by atoms with Crippen LogP contribution in [0.5, 0.6) is 0 Å². The molecule has 1 aromatic rings. The molecule has 0 saturated heterocycles. The van der Waals surface area contributed by atoms with Gasteiger partial charge in [0.2, 0.25) is 0 Å². The average Bonchev–Trinajstić information content (AvgIpc) is 2.20. The maximum atomic E-state index is 8.62. The smallest absolute Gasteiger partial charge is 0.0431 e. The van der Waals surface area contributed by atoms with E-state index in [1.807, 2.05) is 18.2 Å². The van der Waals surface area contributed by atoms with Crippen LogP contribution in [-0.2, 0) is 6.42 Å². The van der Waals surface area contributed by atoms with Crippen LogP contribution in [0, 0.1) is 0 Å². The Morgan fingerprint density at radius 1 is 1.00 bits per heavy atom. The third-order valence-corrected chi connectivity index (χ3v) is 2.52.